The molecule has 7 heavy (non-hydrogen) atoms. The third-order valence-electron chi connectivity index (χ3n) is 0.534. The molecule has 3 heteroatoms. The molecule has 0 bridgehead atoms. The standard InChI is InChI=1S/C4H8BrNS/c1-6(2)4(5)3-7/h3,7H,1-2H3/b4-3-. The van der Waals surface area contributed by atoms with Crippen LogP contribution in [0.3, 0.4) is 0 Å². The summed E-state index contributed by atoms with van der Waals surface area (Å²) in [5.74, 6) is 0. The van der Waals surface area contributed by atoms with Crippen LogP contribution in [0.5, 0.6) is 0 Å². The molecule has 0 saturated heterocycles. The first kappa shape index (κ1) is 7.37. The van der Waals surface area contributed by atoms with Gasteiger partial charge in [0.25, 0.3) is 0 Å². The Morgan fingerprint density at radius 2 is 2.14 bits per heavy atom. The topological polar surface area (TPSA) is 3.24 Å². The molecular weight excluding hydrogens is 174 g/mol. The molecule has 0 aliphatic rings. The van der Waals surface area contributed by atoms with Crippen molar-refractivity contribution in [2.24, 2.45) is 0 Å². The Morgan fingerprint density at radius 1 is 1.71 bits per heavy atom. The molecule has 0 aromatic rings. The second kappa shape index (κ2) is 3.38. The van der Waals surface area contributed by atoms with Crippen LogP contribution in [0.15, 0.2) is 10.0 Å². The molecule has 1 nitrogen and oxygen atoms in total. The van der Waals surface area contributed by atoms with E-state index in [1.54, 1.807) is 5.41 Å². The monoisotopic (exact) mass is 181 g/mol. The quantitative estimate of drug-likeness (QED) is 0.476. The summed E-state index contributed by atoms with van der Waals surface area (Å²) >= 11 is 7.16. The lowest BCUT2D eigenvalue weighted by Gasteiger charge is -2.07. The van der Waals surface area contributed by atoms with Crippen molar-refractivity contribution in [2.45, 2.75) is 0 Å². The highest BCUT2D eigenvalue weighted by molar-refractivity contribution is 9.11. The van der Waals surface area contributed by atoms with Crippen LogP contribution in [0.4, 0.5) is 0 Å². The van der Waals surface area contributed by atoms with E-state index in [1.807, 2.05) is 19.0 Å². The molecule has 0 amide bonds. The van der Waals surface area contributed by atoms with Gasteiger partial charge in [-0.1, -0.05) is 0 Å². The van der Waals surface area contributed by atoms with E-state index in [4.69, 9.17) is 0 Å². The Bertz CT molecular complexity index is 79.8. The molecule has 0 atom stereocenters. The largest absolute Gasteiger partial charge is 0.372 e. The predicted octanol–water partition coefficient (Wildman–Crippen LogP) is 1.67. The zero-order valence-electron chi connectivity index (χ0n) is 4.35. The fourth-order valence-electron chi connectivity index (χ4n) is 0.115. The molecule has 0 saturated carbocycles. The maximum absolute atomic E-state index is 3.90. The van der Waals surface area contributed by atoms with Crippen LogP contribution >= 0.6 is 28.6 Å². The van der Waals surface area contributed by atoms with Gasteiger partial charge in [-0.15, -0.1) is 12.6 Å². The summed E-state index contributed by atoms with van der Waals surface area (Å²) in [4.78, 5) is 1.92. The lowest BCUT2D eigenvalue weighted by molar-refractivity contribution is 0.555. The predicted molar refractivity (Wildman–Crippen MR) is 39.7 cm³/mol. The molecule has 0 N–H and O–H groups in total. The maximum atomic E-state index is 3.90. The van der Waals surface area contributed by atoms with Crippen LogP contribution in [-0.4, -0.2) is 19.0 Å². The molecule has 0 aromatic heterocycles. The van der Waals surface area contributed by atoms with Crippen molar-refractivity contribution >= 4 is 28.6 Å². The highest BCUT2D eigenvalue weighted by Crippen LogP contribution is 2.06. The van der Waals surface area contributed by atoms with E-state index in [0.717, 1.165) is 4.61 Å². The SMILES string of the molecule is CN(C)/C(Br)=C\S. The molecule has 0 spiro atoms. The molecule has 0 rings (SSSR count). The van der Waals surface area contributed by atoms with Crippen molar-refractivity contribution < 1.29 is 0 Å². The first-order valence-corrected chi connectivity index (χ1v) is 3.16. The minimum atomic E-state index is 0.982. The molecule has 0 aliphatic carbocycles. The van der Waals surface area contributed by atoms with Gasteiger partial charge in [0.15, 0.2) is 0 Å². The van der Waals surface area contributed by atoms with Gasteiger partial charge in [-0.05, 0) is 21.3 Å². The summed E-state index contributed by atoms with van der Waals surface area (Å²) in [6, 6.07) is 0. The van der Waals surface area contributed by atoms with Crippen molar-refractivity contribution in [2.75, 3.05) is 14.1 Å². The summed E-state index contributed by atoms with van der Waals surface area (Å²) < 4.78 is 0.982. The Labute approximate surface area is 57.9 Å². The zero-order valence-corrected chi connectivity index (χ0v) is 6.83. The molecule has 0 unspecified atom stereocenters. The first-order chi connectivity index (χ1) is 3.18. The van der Waals surface area contributed by atoms with Gasteiger partial charge >= 0.3 is 0 Å². The van der Waals surface area contributed by atoms with Gasteiger partial charge in [0.2, 0.25) is 0 Å². The fraction of sp³-hybridized carbons (Fsp3) is 0.500. The van der Waals surface area contributed by atoms with Crippen LogP contribution in [0, 0.1) is 0 Å². The van der Waals surface area contributed by atoms with Crippen LogP contribution in [0.1, 0.15) is 0 Å². The van der Waals surface area contributed by atoms with Crippen molar-refractivity contribution in [1.29, 1.82) is 0 Å². The number of nitrogens with zero attached hydrogens (tertiary/aromatic N) is 1. The molecule has 0 heterocycles. The number of halogens is 1. The molecule has 0 aromatic carbocycles. The number of hydrogen-bond donors (Lipinski definition) is 1. The van der Waals surface area contributed by atoms with E-state index in [1.165, 1.54) is 0 Å². The van der Waals surface area contributed by atoms with E-state index in [-0.39, 0.29) is 0 Å². The normalized spacial score (nSPS) is 11.7. The Hall–Kier alpha value is 0.370. The third-order valence-corrected chi connectivity index (χ3v) is 2.07. The van der Waals surface area contributed by atoms with Gasteiger partial charge in [0, 0.05) is 14.1 Å². The van der Waals surface area contributed by atoms with Gasteiger partial charge in [-0.3, -0.25) is 0 Å². The Morgan fingerprint density at radius 3 is 2.14 bits per heavy atom. The summed E-state index contributed by atoms with van der Waals surface area (Å²) in [5.41, 5.74) is 0. The van der Waals surface area contributed by atoms with Crippen molar-refractivity contribution in [3.8, 4) is 0 Å². The summed E-state index contributed by atoms with van der Waals surface area (Å²) in [5, 5.41) is 1.69. The van der Waals surface area contributed by atoms with E-state index >= 15 is 0 Å². The molecule has 0 radical (unpaired) electrons. The van der Waals surface area contributed by atoms with Crippen LogP contribution in [-0.2, 0) is 0 Å². The highest BCUT2D eigenvalue weighted by Gasteiger charge is 1.86. The molecular formula is C4H8BrNS. The first-order valence-electron chi connectivity index (χ1n) is 1.85. The number of thiol groups is 1. The van der Waals surface area contributed by atoms with Gasteiger partial charge in [-0.25, -0.2) is 0 Å². The van der Waals surface area contributed by atoms with Gasteiger partial charge in [0.05, 0.1) is 4.61 Å². The van der Waals surface area contributed by atoms with E-state index in [2.05, 4.69) is 28.6 Å². The Kier molecular flexibility index (Phi) is 3.56. The minimum absolute atomic E-state index is 0.982. The second-order valence-electron chi connectivity index (χ2n) is 1.35. The van der Waals surface area contributed by atoms with Crippen LogP contribution in [0.2, 0.25) is 0 Å². The van der Waals surface area contributed by atoms with Gasteiger partial charge in [-0.2, -0.15) is 0 Å². The van der Waals surface area contributed by atoms with Crippen LogP contribution in [0.25, 0.3) is 0 Å². The van der Waals surface area contributed by atoms with Crippen LogP contribution < -0.4 is 0 Å². The average molecular weight is 182 g/mol. The van der Waals surface area contributed by atoms with Crippen molar-refractivity contribution in [3.05, 3.63) is 10.0 Å². The van der Waals surface area contributed by atoms with E-state index in [9.17, 15) is 0 Å². The van der Waals surface area contributed by atoms with Gasteiger partial charge < -0.3 is 4.90 Å². The molecule has 0 fully saturated rings. The summed E-state index contributed by atoms with van der Waals surface area (Å²) in [6.07, 6.45) is 0. The summed E-state index contributed by atoms with van der Waals surface area (Å²) in [6.45, 7) is 0. The van der Waals surface area contributed by atoms with E-state index in [0.29, 0.717) is 0 Å². The number of hydrogen-bond acceptors (Lipinski definition) is 2. The van der Waals surface area contributed by atoms with Crippen molar-refractivity contribution in [3.63, 3.8) is 0 Å². The van der Waals surface area contributed by atoms with E-state index < -0.39 is 0 Å². The third kappa shape index (κ3) is 3.00. The fourth-order valence-corrected chi connectivity index (χ4v) is 0.346. The summed E-state index contributed by atoms with van der Waals surface area (Å²) in [7, 11) is 3.88. The second-order valence-corrected chi connectivity index (χ2v) is 2.42. The highest BCUT2D eigenvalue weighted by atomic mass is 79.9. The zero-order chi connectivity index (χ0) is 5.86. The lowest BCUT2D eigenvalue weighted by Crippen LogP contribution is -2.04. The smallest absolute Gasteiger partial charge is 0.0862 e. The lowest BCUT2D eigenvalue weighted by atomic mass is 10.9. The Balaban J connectivity index is 3.56. The minimum Gasteiger partial charge on any atom is -0.372 e. The maximum Gasteiger partial charge on any atom is 0.0862 e. The van der Waals surface area contributed by atoms with Gasteiger partial charge in [0.1, 0.15) is 0 Å². The van der Waals surface area contributed by atoms with Crippen molar-refractivity contribution in [1.82, 2.24) is 4.90 Å². The molecule has 42 valence electrons. The molecule has 0 aliphatic heterocycles. The number of rotatable bonds is 1. The average Bonchev–Trinajstić information content (AvgIpc) is 1.65.